The molecule has 0 saturated carbocycles. The summed E-state index contributed by atoms with van der Waals surface area (Å²) in [6.07, 6.45) is 1.45. The zero-order valence-electron chi connectivity index (χ0n) is 16.7. The average Bonchev–Trinajstić information content (AvgIpc) is 3.08. The normalized spacial score (nSPS) is 10.5. The molecule has 0 atom stereocenters. The lowest BCUT2D eigenvalue weighted by atomic mass is 10.2. The Labute approximate surface area is 182 Å². The van der Waals surface area contributed by atoms with Crippen LogP contribution in [0.1, 0.15) is 36.7 Å². The zero-order valence-corrected chi connectivity index (χ0v) is 17.5. The number of carbonyl (C=O) groups is 2. The number of rotatable bonds is 6. The van der Waals surface area contributed by atoms with Crippen molar-refractivity contribution in [1.29, 1.82) is 5.26 Å². The summed E-state index contributed by atoms with van der Waals surface area (Å²) in [5.41, 5.74) is 10.1. The Morgan fingerprint density at radius 3 is 2.35 bits per heavy atom. The molecule has 0 aliphatic rings. The van der Waals surface area contributed by atoms with Gasteiger partial charge in [-0.2, -0.15) is 10.4 Å². The number of hydrogen-bond acceptors (Lipinski definition) is 8. The van der Waals surface area contributed by atoms with Gasteiger partial charge in [-0.25, -0.2) is 10.2 Å². The zero-order chi connectivity index (χ0) is 22.4. The molecule has 0 radical (unpaired) electrons. The number of thiophene rings is 1. The van der Waals surface area contributed by atoms with Gasteiger partial charge in [0.1, 0.15) is 27.4 Å². The van der Waals surface area contributed by atoms with Gasteiger partial charge < -0.3 is 15.2 Å². The third-order valence-electron chi connectivity index (χ3n) is 4.29. The molecule has 0 aliphatic carbocycles. The van der Waals surface area contributed by atoms with E-state index in [4.69, 9.17) is 20.5 Å². The van der Waals surface area contributed by atoms with Gasteiger partial charge in [0, 0.05) is 0 Å². The topological polar surface area (TPSA) is 127 Å². The number of nitriles is 1. The van der Waals surface area contributed by atoms with Gasteiger partial charge in [-0.15, -0.1) is 11.3 Å². The first-order valence-corrected chi connectivity index (χ1v) is 9.83. The molecule has 3 aromatic rings. The summed E-state index contributed by atoms with van der Waals surface area (Å²) in [5.74, 6) is 0.0851. The number of esters is 1. The number of anilines is 1. The number of hydrogen-bond donors (Lipinski definition) is 2. The van der Waals surface area contributed by atoms with Crippen molar-refractivity contribution in [2.75, 3.05) is 12.8 Å². The van der Waals surface area contributed by atoms with E-state index in [1.54, 1.807) is 62.6 Å². The minimum Gasteiger partial charge on any atom is -0.497 e. The summed E-state index contributed by atoms with van der Waals surface area (Å²) >= 11 is 1.04. The standard InChI is InChI=1S/C22H18N4O4S/c1-13-18(11-23)20(24)31-19(13)21(27)26-25-12-14-3-7-17(8-4-14)30-22(28)15-5-9-16(29-2)10-6-15/h3-10,12H,24H2,1-2H3,(H,26,27)/b25-12+. The Morgan fingerprint density at radius 2 is 1.77 bits per heavy atom. The molecule has 0 bridgehead atoms. The maximum atomic E-state index is 12.2. The van der Waals surface area contributed by atoms with E-state index in [0.29, 0.717) is 43.6 Å². The lowest BCUT2D eigenvalue weighted by Gasteiger charge is -2.05. The summed E-state index contributed by atoms with van der Waals surface area (Å²) in [7, 11) is 1.55. The molecular formula is C22H18N4O4S. The largest absolute Gasteiger partial charge is 0.497 e. The van der Waals surface area contributed by atoms with Crippen molar-refractivity contribution in [3.05, 3.63) is 75.7 Å². The van der Waals surface area contributed by atoms with Crippen molar-refractivity contribution in [3.8, 4) is 17.6 Å². The molecule has 0 fully saturated rings. The SMILES string of the molecule is COc1ccc(C(=O)Oc2ccc(/C=N/NC(=O)c3sc(N)c(C#N)c3C)cc2)cc1. The van der Waals surface area contributed by atoms with Crippen molar-refractivity contribution >= 4 is 34.4 Å². The second-order valence-electron chi connectivity index (χ2n) is 6.29. The van der Waals surface area contributed by atoms with Crippen LogP contribution in [0.2, 0.25) is 0 Å². The van der Waals surface area contributed by atoms with E-state index in [-0.39, 0.29) is 0 Å². The Morgan fingerprint density at radius 1 is 1.13 bits per heavy atom. The first-order valence-electron chi connectivity index (χ1n) is 9.01. The maximum Gasteiger partial charge on any atom is 0.343 e. The van der Waals surface area contributed by atoms with Crippen LogP contribution < -0.4 is 20.6 Å². The fourth-order valence-electron chi connectivity index (χ4n) is 2.62. The molecule has 8 nitrogen and oxygen atoms in total. The van der Waals surface area contributed by atoms with Crippen LogP contribution in [0.3, 0.4) is 0 Å². The molecule has 31 heavy (non-hydrogen) atoms. The van der Waals surface area contributed by atoms with Crippen molar-refractivity contribution in [1.82, 2.24) is 5.43 Å². The molecule has 0 aliphatic heterocycles. The first-order chi connectivity index (χ1) is 14.9. The third kappa shape index (κ3) is 5.07. The molecule has 156 valence electrons. The van der Waals surface area contributed by atoms with Gasteiger partial charge in [0.15, 0.2) is 0 Å². The molecule has 0 saturated heterocycles. The first kappa shape index (κ1) is 21.5. The number of amides is 1. The molecule has 2 aromatic carbocycles. The summed E-state index contributed by atoms with van der Waals surface area (Å²) in [5, 5.41) is 13.3. The van der Waals surface area contributed by atoms with Crippen LogP contribution in [0, 0.1) is 18.3 Å². The number of nitrogen functional groups attached to an aromatic ring is 1. The molecule has 0 unspecified atom stereocenters. The molecule has 1 aromatic heterocycles. The van der Waals surface area contributed by atoms with Crippen LogP contribution in [-0.4, -0.2) is 25.2 Å². The maximum absolute atomic E-state index is 12.2. The highest BCUT2D eigenvalue weighted by atomic mass is 32.1. The van der Waals surface area contributed by atoms with Crippen molar-refractivity contribution in [2.45, 2.75) is 6.92 Å². The number of hydrazone groups is 1. The molecule has 0 spiro atoms. The predicted molar refractivity (Wildman–Crippen MR) is 118 cm³/mol. The van der Waals surface area contributed by atoms with Crippen LogP contribution in [0.5, 0.6) is 11.5 Å². The number of ether oxygens (including phenoxy) is 2. The Kier molecular flexibility index (Phi) is 6.64. The average molecular weight is 434 g/mol. The van der Waals surface area contributed by atoms with Gasteiger partial charge >= 0.3 is 5.97 Å². The van der Waals surface area contributed by atoms with Crippen LogP contribution in [0.15, 0.2) is 53.6 Å². The summed E-state index contributed by atoms with van der Waals surface area (Å²) < 4.78 is 10.4. The van der Waals surface area contributed by atoms with E-state index in [0.717, 1.165) is 11.3 Å². The fourth-order valence-corrected chi connectivity index (χ4v) is 3.54. The summed E-state index contributed by atoms with van der Waals surface area (Å²) in [6, 6.07) is 15.2. The van der Waals surface area contributed by atoms with Gasteiger partial charge in [-0.1, -0.05) is 0 Å². The van der Waals surface area contributed by atoms with E-state index >= 15 is 0 Å². The molecule has 3 rings (SSSR count). The highest BCUT2D eigenvalue weighted by molar-refractivity contribution is 7.18. The van der Waals surface area contributed by atoms with Crippen LogP contribution in [0.25, 0.3) is 0 Å². The minimum atomic E-state index is -0.487. The smallest absolute Gasteiger partial charge is 0.343 e. The number of benzene rings is 2. The van der Waals surface area contributed by atoms with E-state index < -0.39 is 11.9 Å². The number of carbonyl (C=O) groups excluding carboxylic acids is 2. The van der Waals surface area contributed by atoms with Crippen LogP contribution >= 0.6 is 11.3 Å². The van der Waals surface area contributed by atoms with Gasteiger partial charge in [-0.3, -0.25) is 4.79 Å². The molecular weight excluding hydrogens is 416 g/mol. The molecule has 1 heterocycles. The van der Waals surface area contributed by atoms with Gasteiger partial charge in [0.25, 0.3) is 5.91 Å². The van der Waals surface area contributed by atoms with E-state index in [9.17, 15) is 9.59 Å². The molecule has 9 heteroatoms. The lowest BCUT2D eigenvalue weighted by molar-refractivity contribution is 0.0734. The minimum absolute atomic E-state index is 0.300. The lowest BCUT2D eigenvalue weighted by Crippen LogP contribution is -2.17. The van der Waals surface area contributed by atoms with Crippen LogP contribution in [0.4, 0.5) is 5.00 Å². The summed E-state index contributed by atoms with van der Waals surface area (Å²) in [4.78, 5) is 24.8. The Balaban J connectivity index is 1.58. The molecule has 1 amide bonds. The van der Waals surface area contributed by atoms with Crippen molar-refractivity contribution < 1.29 is 19.1 Å². The van der Waals surface area contributed by atoms with Gasteiger partial charge in [-0.05, 0) is 66.6 Å². The van der Waals surface area contributed by atoms with E-state index in [2.05, 4.69) is 10.5 Å². The van der Waals surface area contributed by atoms with E-state index in [1.165, 1.54) is 6.21 Å². The van der Waals surface area contributed by atoms with Gasteiger partial charge in [0.2, 0.25) is 0 Å². The second-order valence-corrected chi connectivity index (χ2v) is 7.35. The number of methoxy groups -OCH3 is 1. The highest BCUT2D eigenvalue weighted by Gasteiger charge is 2.18. The monoisotopic (exact) mass is 434 g/mol. The van der Waals surface area contributed by atoms with Crippen molar-refractivity contribution in [3.63, 3.8) is 0 Å². The third-order valence-corrected chi connectivity index (χ3v) is 5.41. The Bertz CT molecular complexity index is 1180. The van der Waals surface area contributed by atoms with Gasteiger partial charge in [0.05, 0.1) is 24.5 Å². The predicted octanol–water partition coefficient (Wildman–Crippen LogP) is 3.50. The Hall–Kier alpha value is -4.16. The quantitative estimate of drug-likeness (QED) is 0.265. The van der Waals surface area contributed by atoms with Crippen molar-refractivity contribution in [2.24, 2.45) is 5.10 Å². The highest BCUT2D eigenvalue weighted by Crippen LogP contribution is 2.29. The van der Waals surface area contributed by atoms with E-state index in [1.807, 2.05) is 6.07 Å². The number of nitrogens with two attached hydrogens (primary N) is 1. The summed E-state index contributed by atoms with van der Waals surface area (Å²) in [6.45, 7) is 1.66. The second kappa shape index (κ2) is 9.56. The molecule has 3 N–H and O–H groups in total. The number of nitrogens with one attached hydrogen (secondary N) is 1. The fraction of sp³-hybridized carbons (Fsp3) is 0.0909. The van der Waals surface area contributed by atoms with Crippen LogP contribution in [-0.2, 0) is 0 Å². The number of nitrogens with zero attached hydrogens (tertiary/aromatic N) is 2.